The zero-order valence-electron chi connectivity index (χ0n) is 10.0. The van der Waals surface area contributed by atoms with Crippen molar-refractivity contribution in [1.29, 1.82) is 0 Å². The third-order valence-electron chi connectivity index (χ3n) is 2.59. The molecule has 6 nitrogen and oxygen atoms in total. The molecule has 0 saturated heterocycles. The molecule has 0 aromatic carbocycles. The van der Waals surface area contributed by atoms with E-state index in [-0.39, 0.29) is 0 Å². The minimum atomic E-state index is -0.982. The number of nitrogens with zero attached hydrogens (tertiary/aromatic N) is 2. The molecule has 2 N–H and O–H groups in total. The van der Waals surface area contributed by atoms with Gasteiger partial charge in [-0.05, 0) is 13.8 Å². The Labute approximate surface area is 108 Å². The van der Waals surface area contributed by atoms with Crippen LogP contribution in [0.15, 0.2) is 22.2 Å². The smallest absolute Gasteiger partial charge is 0.315 e. The fourth-order valence-corrected chi connectivity index (χ4v) is 2.12. The fraction of sp³-hybridized carbons (Fsp3) is 0.364. The molecule has 2 rings (SSSR count). The van der Waals surface area contributed by atoms with Crippen molar-refractivity contribution >= 4 is 22.4 Å². The Kier molecular flexibility index (Phi) is 3.33. The van der Waals surface area contributed by atoms with Gasteiger partial charge in [0.2, 0.25) is 0 Å². The van der Waals surface area contributed by atoms with E-state index in [0.29, 0.717) is 17.4 Å². The summed E-state index contributed by atoms with van der Waals surface area (Å²) in [6.45, 7) is 3.76. The van der Waals surface area contributed by atoms with Crippen molar-refractivity contribution in [1.82, 2.24) is 10.1 Å². The summed E-state index contributed by atoms with van der Waals surface area (Å²) in [6, 6.07) is 1.75. The number of anilines is 1. The van der Waals surface area contributed by atoms with E-state index in [1.807, 2.05) is 0 Å². The second kappa shape index (κ2) is 4.77. The van der Waals surface area contributed by atoms with Crippen molar-refractivity contribution in [3.8, 4) is 0 Å². The van der Waals surface area contributed by atoms with Gasteiger partial charge in [0.1, 0.15) is 17.4 Å². The molecule has 0 atom stereocenters. The number of carboxylic acids is 1. The first-order chi connectivity index (χ1) is 8.50. The molecular formula is C11H13N3O3S. The van der Waals surface area contributed by atoms with E-state index >= 15 is 0 Å². The lowest BCUT2D eigenvalue weighted by atomic mass is 9.90. The van der Waals surface area contributed by atoms with Crippen LogP contribution in [0.1, 0.15) is 25.2 Å². The Balaban J connectivity index is 2.04. The highest BCUT2D eigenvalue weighted by Crippen LogP contribution is 2.27. The van der Waals surface area contributed by atoms with Crippen LogP contribution in [0.25, 0.3) is 0 Å². The van der Waals surface area contributed by atoms with Gasteiger partial charge in [-0.15, -0.1) is 11.3 Å². The van der Waals surface area contributed by atoms with Gasteiger partial charge in [0.25, 0.3) is 0 Å². The molecule has 18 heavy (non-hydrogen) atoms. The summed E-state index contributed by atoms with van der Waals surface area (Å²) in [7, 11) is 0. The van der Waals surface area contributed by atoms with Crippen LogP contribution in [-0.4, -0.2) is 21.2 Å². The summed E-state index contributed by atoms with van der Waals surface area (Å²) in [5.41, 5.74) is 0.330. The summed E-state index contributed by atoms with van der Waals surface area (Å²) in [6.07, 6.45) is 1.50. The summed E-state index contributed by atoms with van der Waals surface area (Å²) in [4.78, 5) is 15.4. The Morgan fingerprint density at radius 2 is 2.39 bits per heavy atom. The molecule has 0 aliphatic carbocycles. The van der Waals surface area contributed by atoms with E-state index in [1.165, 1.54) is 17.6 Å². The first-order valence-corrected chi connectivity index (χ1v) is 6.20. The van der Waals surface area contributed by atoms with Gasteiger partial charge in [-0.3, -0.25) is 4.79 Å². The maximum atomic E-state index is 11.1. The highest BCUT2D eigenvalue weighted by molar-refractivity contribution is 7.13. The molecule has 0 fully saturated rings. The van der Waals surface area contributed by atoms with Crippen molar-refractivity contribution < 1.29 is 14.4 Å². The number of aromatic nitrogens is 2. The quantitative estimate of drug-likeness (QED) is 0.862. The van der Waals surface area contributed by atoms with E-state index in [1.54, 1.807) is 25.3 Å². The van der Waals surface area contributed by atoms with Gasteiger partial charge in [0.05, 0.1) is 12.2 Å². The monoisotopic (exact) mass is 267 g/mol. The Morgan fingerprint density at radius 3 is 3.00 bits per heavy atom. The van der Waals surface area contributed by atoms with E-state index in [9.17, 15) is 4.79 Å². The average molecular weight is 267 g/mol. The average Bonchev–Trinajstić information content (AvgIpc) is 2.97. The van der Waals surface area contributed by atoms with Crippen LogP contribution in [0.3, 0.4) is 0 Å². The molecule has 2 aromatic rings. The van der Waals surface area contributed by atoms with Crippen LogP contribution < -0.4 is 5.32 Å². The molecule has 96 valence electrons. The Morgan fingerprint density at radius 1 is 1.61 bits per heavy atom. The lowest BCUT2D eigenvalue weighted by Gasteiger charge is -2.15. The minimum Gasteiger partial charge on any atom is -0.481 e. The molecular weight excluding hydrogens is 254 g/mol. The Hall–Kier alpha value is -1.89. The fourth-order valence-electron chi connectivity index (χ4n) is 1.25. The molecule has 0 amide bonds. The third kappa shape index (κ3) is 2.51. The summed E-state index contributed by atoms with van der Waals surface area (Å²) in [5, 5.41) is 18.4. The summed E-state index contributed by atoms with van der Waals surface area (Å²) in [5.74, 6) is -0.893. The summed E-state index contributed by atoms with van der Waals surface area (Å²) < 4.78 is 4.71. The normalized spacial score (nSPS) is 11.4. The second-order valence-electron chi connectivity index (χ2n) is 4.31. The van der Waals surface area contributed by atoms with Crippen LogP contribution >= 0.6 is 11.3 Å². The van der Waals surface area contributed by atoms with Crippen molar-refractivity contribution in [3.63, 3.8) is 0 Å². The Bertz CT molecular complexity index is 533. The maximum Gasteiger partial charge on any atom is 0.315 e. The molecule has 2 heterocycles. The van der Waals surface area contributed by atoms with Gasteiger partial charge in [0.15, 0.2) is 5.13 Å². The molecule has 0 aliphatic rings. The van der Waals surface area contributed by atoms with Crippen LogP contribution in [-0.2, 0) is 16.8 Å². The number of carboxylic acid groups (broad SMARTS) is 1. The van der Waals surface area contributed by atoms with E-state index in [2.05, 4.69) is 15.5 Å². The van der Waals surface area contributed by atoms with Crippen molar-refractivity contribution in [3.05, 3.63) is 29.1 Å². The van der Waals surface area contributed by atoms with Gasteiger partial charge in [-0.1, -0.05) is 5.16 Å². The number of aliphatic carboxylic acids is 1. The number of carbonyl (C=O) groups is 1. The minimum absolute atomic E-state index is 0.497. The zero-order valence-corrected chi connectivity index (χ0v) is 10.8. The van der Waals surface area contributed by atoms with E-state index in [4.69, 9.17) is 9.63 Å². The number of hydrogen-bond acceptors (Lipinski definition) is 6. The molecule has 0 saturated carbocycles. The number of rotatable bonds is 5. The number of nitrogens with one attached hydrogen (secondary N) is 1. The van der Waals surface area contributed by atoms with Crippen LogP contribution in [0.4, 0.5) is 5.13 Å². The van der Waals surface area contributed by atoms with Gasteiger partial charge in [-0.2, -0.15) is 0 Å². The zero-order chi connectivity index (χ0) is 13.2. The SMILES string of the molecule is CC(C)(C(=O)O)c1csc(NCc2ccon2)n1. The molecule has 2 aromatic heterocycles. The maximum absolute atomic E-state index is 11.1. The molecule has 0 bridgehead atoms. The third-order valence-corrected chi connectivity index (χ3v) is 3.39. The molecule has 0 aliphatic heterocycles. The van der Waals surface area contributed by atoms with Crippen molar-refractivity contribution in [2.45, 2.75) is 25.8 Å². The molecule has 0 radical (unpaired) electrons. The predicted octanol–water partition coefficient (Wildman–Crippen LogP) is 2.11. The van der Waals surface area contributed by atoms with Crippen LogP contribution in [0.5, 0.6) is 0 Å². The largest absolute Gasteiger partial charge is 0.481 e. The van der Waals surface area contributed by atoms with Crippen molar-refractivity contribution in [2.24, 2.45) is 0 Å². The lowest BCUT2D eigenvalue weighted by Crippen LogP contribution is -2.28. The van der Waals surface area contributed by atoms with Gasteiger partial charge < -0.3 is 14.9 Å². The van der Waals surface area contributed by atoms with Crippen LogP contribution in [0.2, 0.25) is 0 Å². The van der Waals surface area contributed by atoms with Gasteiger partial charge in [-0.25, -0.2) is 4.98 Å². The molecule has 7 heteroatoms. The molecule has 0 unspecified atom stereocenters. The highest BCUT2D eigenvalue weighted by Gasteiger charge is 2.32. The number of hydrogen-bond donors (Lipinski definition) is 2. The summed E-state index contributed by atoms with van der Waals surface area (Å²) >= 11 is 1.37. The predicted molar refractivity (Wildman–Crippen MR) is 66.6 cm³/mol. The molecule has 0 spiro atoms. The lowest BCUT2D eigenvalue weighted by molar-refractivity contribution is -0.142. The van der Waals surface area contributed by atoms with Gasteiger partial charge in [0, 0.05) is 11.4 Å². The van der Waals surface area contributed by atoms with Gasteiger partial charge >= 0.3 is 5.97 Å². The topological polar surface area (TPSA) is 88.2 Å². The first kappa shape index (κ1) is 12.6. The standard InChI is InChI=1S/C11H13N3O3S/c1-11(2,9(15)16)8-6-18-10(13-8)12-5-7-3-4-17-14-7/h3-4,6H,5H2,1-2H3,(H,12,13)(H,15,16). The first-order valence-electron chi connectivity index (χ1n) is 5.32. The van der Waals surface area contributed by atoms with E-state index in [0.717, 1.165) is 5.69 Å². The van der Waals surface area contributed by atoms with E-state index < -0.39 is 11.4 Å². The highest BCUT2D eigenvalue weighted by atomic mass is 32.1. The number of thiazole rings is 1. The van der Waals surface area contributed by atoms with Crippen molar-refractivity contribution in [2.75, 3.05) is 5.32 Å². The second-order valence-corrected chi connectivity index (χ2v) is 5.17. The van der Waals surface area contributed by atoms with Crippen LogP contribution in [0, 0.1) is 0 Å².